The highest BCUT2D eigenvalue weighted by molar-refractivity contribution is 6.64. The Kier molecular flexibility index (Phi) is 6.07. The fourth-order valence-electron chi connectivity index (χ4n) is 2.34. The zero-order valence-corrected chi connectivity index (χ0v) is 15.7. The van der Waals surface area contributed by atoms with Gasteiger partial charge in [-0.15, -0.1) is 24.8 Å². The maximum atomic E-state index is 12.5. The highest BCUT2D eigenvalue weighted by Gasteiger charge is 2.52. The fourth-order valence-corrected chi connectivity index (χ4v) is 2.45. The summed E-state index contributed by atoms with van der Waals surface area (Å²) in [7, 11) is -0.782. The van der Waals surface area contributed by atoms with Crippen LogP contribution in [-0.2, 0) is 9.31 Å². The van der Waals surface area contributed by atoms with E-state index in [1.54, 1.807) is 0 Å². The van der Waals surface area contributed by atoms with Crippen molar-refractivity contribution in [3.8, 4) is 5.75 Å². The molecule has 1 saturated heterocycles. The molecule has 0 radical (unpaired) electrons. The maximum absolute atomic E-state index is 12.5. The number of aliphatic hydroxyl groups is 1. The first-order chi connectivity index (χ1) is 11.8. The van der Waals surface area contributed by atoms with Crippen LogP contribution in [0.25, 0.3) is 0 Å². The van der Waals surface area contributed by atoms with E-state index in [0.29, 0.717) is 11.2 Å². The van der Waals surface area contributed by atoms with E-state index in [0.717, 1.165) is 0 Å². The second-order valence-corrected chi connectivity index (χ2v) is 7.38. The molecule has 1 atom stereocenters. The van der Waals surface area contributed by atoms with Crippen molar-refractivity contribution in [2.75, 3.05) is 17.7 Å². The Labute approximate surface area is 155 Å². The molecule has 2 N–H and O–H groups in total. The molecule has 1 heterocycles. The van der Waals surface area contributed by atoms with Crippen LogP contribution in [0, 0.1) is 0 Å². The van der Waals surface area contributed by atoms with Gasteiger partial charge in [0.25, 0.3) is 0 Å². The number of nitrogens with one attached hydrogen (secondary N) is 1. The van der Waals surface area contributed by atoms with Gasteiger partial charge in [0.1, 0.15) is 5.75 Å². The molecule has 10 heteroatoms. The first-order valence-corrected chi connectivity index (χ1v) is 8.61. The number of benzene rings is 1. The third-order valence-electron chi connectivity index (χ3n) is 4.47. The fraction of sp³-hybridized carbons (Fsp3) is 0.625. The summed E-state index contributed by atoms with van der Waals surface area (Å²) >= 11 is 5.57. The third-order valence-corrected chi connectivity index (χ3v) is 4.83. The van der Waals surface area contributed by atoms with E-state index in [-0.39, 0.29) is 18.2 Å². The van der Waals surface area contributed by atoms with Gasteiger partial charge in [0, 0.05) is 23.8 Å². The first-order valence-electron chi connectivity index (χ1n) is 8.08. The molecule has 2 rings (SSSR count). The molecule has 1 aromatic rings. The van der Waals surface area contributed by atoms with Gasteiger partial charge in [-0.3, -0.25) is 0 Å². The standard InChI is InChI=1S/C16H22BClF3NO4/c1-14(2)15(3,4)26-17(25-14)12-6-5-11(24-16(19,20)21)7-13(12)22-9-10(23)8-18/h5-7,10,22-23H,8-9H2,1-4H3. The average molecular weight is 396 g/mol. The van der Waals surface area contributed by atoms with Gasteiger partial charge in [0.05, 0.1) is 23.2 Å². The largest absolute Gasteiger partial charge is 0.573 e. The van der Waals surface area contributed by atoms with E-state index < -0.39 is 30.8 Å². The van der Waals surface area contributed by atoms with Gasteiger partial charge in [-0.1, -0.05) is 6.07 Å². The molecular weight excluding hydrogens is 373 g/mol. The van der Waals surface area contributed by atoms with E-state index in [9.17, 15) is 18.3 Å². The van der Waals surface area contributed by atoms with Crippen molar-refractivity contribution in [3.63, 3.8) is 0 Å². The number of halogens is 4. The zero-order valence-electron chi connectivity index (χ0n) is 15.0. The number of anilines is 1. The van der Waals surface area contributed by atoms with E-state index in [1.165, 1.54) is 18.2 Å². The lowest BCUT2D eigenvalue weighted by Gasteiger charge is -2.32. The van der Waals surface area contributed by atoms with Gasteiger partial charge in [-0.2, -0.15) is 0 Å². The molecule has 26 heavy (non-hydrogen) atoms. The lowest BCUT2D eigenvalue weighted by molar-refractivity contribution is -0.274. The summed E-state index contributed by atoms with van der Waals surface area (Å²) in [6.07, 6.45) is -5.67. The SMILES string of the molecule is CC1(C)OB(c2ccc(OC(F)(F)F)cc2NCC(O)CCl)OC1(C)C. The van der Waals surface area contributed by atoms with Crippen LogP contribution in [0.3, 0.4) is 0 Å². The molecule has 0 amide bonds. The van der Waals surface area contributed by atoms with Gasteiger partial charge in [-0.25, -0.2) is 0 Å². The Bertz CT molecular complexity index is 626. The molecular formula is C16H22BClF3NO4. The number of alkyl halides is 4. The highest BCUT2D eigenvalue weighted by Crippen LogP contribution is 2.37. The predicted molar refractivity (Wildman–Crippen MR) is 94.1 cm³/mol. The van der Waals surface area contributed by atoms with Crippen LogP contribution in [0.2, 0.25) is 0 Å². The molecule has 1 aliphatic rings. The van der Waals surface area contributed by atoms with Crippen molar-refractivity contribution >= 4 is 29.9 Å². The van der Waals surface area contributed by atoms with Crippen molar-refractivity contribution in [3.05, 3.63) is 18.2 Å². The lowest BCUT2D eigenvalue weighted by atomic mass is 9.77. The molecule has 1 unspecified atom stereocenters. The van der Waals surface area contributed by atoms with Crippen molar-refractivity contribution in [2.45, 2.75) is 51.4 Å². The van der Waals surface area contributed by atoms with Crippen molar-refractivity contribution < 1.29 is 32.3 Å². The van der Waals surface area contributed by atoms with Crippen molar-refractivity contribution in [2.24, 2.45) is 0 Å². The monoisotopic (exact) mass is 395 g/mol. The minimum atomic E-state index is -4.81. The van der Waals surface area contributed by atoms with Gasteiger partial charge in [-0.05, 0) is 33.8 Å². The Morgan fingerprint density at radius 3 is 2.31 bits per heavy atom. The number of hydrogen-bond donors (Lipinski definition) is 2. The molecule has 146 valence electrons. The molecule has 1 fully saturated rings. The van der Waals surface area contributed by atoms with E-state index >= 15 is 0 Å². The molecule has 1 aliphatic heterocycles. The molecule has 0 aliphatic carbocycles. The Morgan fingerprint density at radius 2 is 1.81 bits per heavy atom. The topological polar surface area (TPSA) is 60.0 Å². The molecule has 5 nitrogen and oxygen atoms in total. The second-order valence-electron chi connectivity index (χ2n) is 7.07. The molecule has 0 bridgehead atoms. The quantitative estimate of drug-likeness (QED) is 0.573. The van der Waals surface area contributed by atoms with Crippen LogP contribution >= 0.6 is 11.6 Å². The third kappa shape index (κ3) is 4.97. The van der Waals surface area contributed by atoms with Crippen LogP contribution in [0.5, 0.6) is 5.75 Å². The number of hydrogen-bond acceptors (Lipinski definition) is 5. The minimum Gasteiger partial charge on any atom is -0.406 e. The van der Waals surface area contributed by atoms with Crippen LogP contribution in [0.15, 0.2) is 18.2 Å². The van der Waals surface area contributed by atoms with Gasteiger partial charge in [0.2, 0.25) is 0 Å². The summed E-state index contributed by atoms with van der Waals surface area (Å²) < 4.78 is 53.4. The maximum Gasteiger partial charge on any atom is 0.573 e. The summed E-state index contributed by atoms with van der Waals surface area (Å²) in [6, 6.07) is 3.82. The van der Waals surface area contributed by atoms with Crippen LogP contribution < -0.4 is 15.5 Å². The Hall–Kier alpha value is -1.16. The summed E-state index contributed by atoms with van der Waals surface area (Å²) in [6.45, 7) is 7.54. The molecule has 0 saturated carbocycles. The van der Waals surface area contributed by atoms with Crippen LogP contribution in [0.4, 0.5) is 18.9 Å². The van der Waals surface area contributed by atoms with Gasteiger partial charge < -0.3 is 24.5 Å². The summed E-state index contributed by atoms with van der Waals surface area (Å²) in [5.41, 5.74) is -0.411. The number of aliphatic hydroxyl groups excluding tert-OH is 1. The summed E-state index contributed by atoms with van der Waals surface area (Å²) in [5.74, 6) is -0.405. The van der Waals surface area contributed by atoms with E-state index in [1.807, 2.05) is 27.7 Å². The Balaban J connectivity index is 2.32. The van der Waals surface area contributed by atoms with Crippen LogP contribution in [0.1, 0.15) is 27.7 Å². The van der Waals surface area contributed by atoms with E-state index in [4.69, 9.17) is 20.9 Å². The van der Waals surface area contributed by atoms with Crippen molar-refractivity contribution in [1.29, 1.82) is 0 Å². The summed E-state index contributed by atoms with van der Waals surface area (Å²) in [5, 5.41) is 12.5. The zero-order chi connectivity index (χ0) is 19.8. The molecule has 0 aromatic heterocycles. The van der Waals surface area contributed by atoms with Crippen molar-refractivity contribution in [1.82, 2.24) is 0 Å². The number of ether oxygens (including phenoxy) is 1. The minimum absolute atomic E-state index is 0.0163. The predicted octanol–water partition coefficient (Wildman–Crippen LogP) is 2.90. The lowest BCUT2D eigenvalue weighted by Crippen LogP contribution is -2.41. The normalized spacial score (nSPS) is 20.1. The molecule has 1 aromatic carbocycles. The van der Waals surface area contributed by atoms with Gasteiger partial charge >= 0.3 is 13.5 Å². The van der Waals surface area contributed by atoms with Gasteiger partial charge in [0.15, 0.2) is 0 Å². The second kappa shape index (κ2) is 7.46. The molecule has 0 spiro atoms. The average Bonchev–Trinajstić information content (AvgIpc) is 2.71. The number of rotatable bonds is 6. The Morgan fingerprint density at radius 1 is 1.23 bits per heavy atom. The van der Waals surface area contributed by atoms with Crippen LogP contribution in [-0.4, -0.2) is 48.3 Å². The van der Waals surface area contributed by atoms with E-state index in [2.05, 4.69) is 10.1 Å². The highest BCUT2D eigenvalue weighted by atomic mass is 35.5. The smallest absolute Gasteiger partial charge is 0.406 e. The summed E-state index contributed by atoms with van der Waals surface area (Å²) in [4.78, 5) is 0. The first kappa shape index (κ1) is 21.1.